The Balaban J connectivity index is 1.30. The van der Waals surface area contributed by atoms with Gasteiger partial charge in [0.1, 0.15) is 5.82 Å². The van der Waals surface area contributed by atoms with Crippen molar-refractivity contribution in [1.82, 2.24) is 14.8 Å². The van der Waals surface area contributed by atoms with E-state index in [1.807, 2.05) is 41.4 Å². The molecule has 184 valence electrons. The minimum Gasteiger partial charge on any atom is -0.493 e. The van der Waals surface area contributed by atoms with E-state index in [0.717, 1.165) is 70.9 Å². The molecule has 4 rings (SSSR count). The third-order valence-corrected chi connectivity index (χ3v) is 6.83. The number of benzene rings is 1. The van der Waals surface area contributed by atoms with Gasteiger partial charge in [-0.1, -0.05) is 19.4 Å². The van der Waals surface area contributed by atoms with Crippen molar-refractivity contribution >= 4 is 11.7 Å². The Morgan fingerprint density at radius 1 is 1.09 bits per heavy atom. The van der Waals surface area contributed by atoms with Gasteiger partial charge in [0.05, 0.1) is 13.7 Å². The lowest BCUT2D eigenvalue weighted by Gasteiger charge is -2.39. The molecule has 1 atom stereocenters. The van der Waals surface area contributed by atoms with Crippen LogP contribution in [0.25, 0.3) is 0 Å². The van der Waals surface area contributed by atoms with Crippen molar-refractivity contribution in [1.29, 1.82) is 0 Å². The monoisotopic (exact) mass is 466 g/mol. The molecule has 1 amide bonds. The summed E-state index contributed by atoms with van der Waals surface area (Å²) in [6.07, 6.45) is 6.17. The van der Waals surface area contributed by atoms with E-state index in [9.17, 15) is 4.79 Å². The van der Waals surface area contributed by atoms with E-state index in [4.69, 9.17) is 9.47 Å². The standard InChI is InChI=1S/C27H38N4O3/c1-3-4-18-34-24-11-10-23(19-25(24)33-2)27(32)31-13-7-8-22(21-31)20-29-14-16-30(17-15-29)26-9-5-6-12-28-26/h5-6,9-12,19,22H,3-4,7-8,13-18,20-21H2,1-2H3. The quantitative estimate of drug-likeness (QED) is 0.522. The Labute approximate surface area is 203 Å². The number of likely N-dealkylation sites (tertiary alicyclic amines) is 1. The van der Waals surface area contributed by atoms with Gasteiger partial charge in [0, 0.05) is 57.6 Å². The van der Waals surface area contributed by atoms with Gasteiger partial charge < -0.3 is 19.3 Å². The first-order valence-electron chi connectivity index (χ1n) is 12.7. The molecule has 2 fully saturated rings. The zero-order valence-corrected chi connectivity index (χ0v) is 20.6. The summed E-state index contributed by atoms with van der Waals surface area (Å²) in [7, 11) is 1.63. The molecular weight excluding hydrogens is 428 g/mol. The normalized spacial score (nSPS) is 19.2. The number of hydrogen-bond donors (Lipinski definition) is 0. The summed E-state index contributed by atoms with van der Waals surface area (Å²) in [5.41, 5.74) is 0.671. The summed E-state index contributed by atoms with van der Waals surface area (Å²) < 4.78 is 11.3. The first-order chi connectivity index (χ1) is 16.7. The Hall–Kier alpha value is -2.80. The second-order valence-corrected chi connectivity index (χ2v) is 9.30. The van der Waals surface area contributed by atoms with Crippen LogP contribution in [0.5, 0.6) is 11.5 Å². The van der Waals surface area contributed by atoms with E-state index in [-0.39, 0.29) is 5.91 Å². The molecule has 34 heavy (non-hydrogen) atoms. The molecule has 0 aliphatic carbocycles. The number of hydrogen-bond acceptors (Lipinski definition) is 6. The van der Waals surface area contributed by atoms with Crippen molar-refractivity contribution in [2.75, 3.05) is 64.4 Å². The average molecular weight is 467 g/mol. The summed E-state index contributed by atoms with van der Waals surface area (Å²) in [6.45, 7) is 9.55. The summed E-state index contributed by atoms with van der Waals surface area (Å²) >= 11 is 0. The van der Waals surface area contributed by atoms with Crippen LogP contribution < -0.4 is 14.4 Å². The van der Waals surface area contributed by atoms with Crippen LogP contribution in [0.15, 0.2) is 42.6 Å². The van der Waals surface area contributed by atoms with E-state index >= 15 is 0 Å². The molecule has 3 heterocycles. The second-order valence-electron chi connectivity index (χ2n) is 9.30. The lowest BCUT2D eigenvalue weighted by Crippen LogP contribution is -2.50. The fraction of sp³-hybridized carbons (Fsp3) is 0.556. The Bertz CT molecular complexity index is 915. The highest BCUT2D eigenvalue weighted by atomic mass is 16.5. The molecule has 2 saturated heterocycles. The molecular formula is C27H38N4O3. The van der Waals surface area contributed by atoms with Crippen molar-refractivity contribution in [3.63, 3.8) is 0 Å². The summed E-state index contributed by atoms with van der Waals surface area (Å²) in [5.74, 6) is 2.99. The van der Waals surface area contributed by atoms with Gasteiger partial charge in [-0.15, -0.1) is 0 Å². The Morgan fingerprint density at radius 2 is 1.94 bits per heavy atom. The van der Waals surface area contributed by atoms with Crippen molar-refractivity contribution in [3.8, 4) is 11.5 Å². The Morgan fingerprint density at radius 3 is 2.68 bits per heavy atom. The summed E-state index contributed by atoms with van der Waals surface area (Å²) in [4.78, 5) is 24.7. The predicted molar refractivity (Wildman–Crippen MR) is 135 cm³/mol. The van der Waals surface area contributed by atoms with Crippen molar-refractivity contribution < 1.29 is 14.3 Å². The van der Waals surface area contributed by atoms with Gasteiger partial charge in [-0.2, -0.15) is 0 Å². The predicted octanol–water partition coefficient (Wildman–Crippen LogP) is 3.94. The molecule has 0 N–H and O–H groups in total. The second kappa shape index (κ2) is 12.1. The van der Waals surface area contributed by atoms with Crippen LogP contribution >= 0.6 is 0 Å². The number of aromatic nitrogens is 1. The molecule has 0 saturated carbocycles. The topological polar surface area (TPSA) is 58.1 Å². The highest BCUT2D eigenvalue weighted by Gasteiger charge is 2.28. The summed E-state index contributed by atoms with van der Waals surface area (Å²) in [6, 6.07) is 11.6. The average Bonchev–Trinajstić information content (AvgIpc) is 2.89. The van der Waals surface area contributed by atoms with Gasteiger partial charge in [0.25, 0.3) is 5.91 Å². The number of ether oxygens (including phenoxy) is 2. The number of nitrogens with zero attached hydrogens (tertiary/aromatic N) is 4. The first kappa shape index (κ1) is 24.3. The molecule has 7 nitrogen and oxygen atoms in total. The molecule has 0 spiro atoms. The maximum Gasteiger partial charge on any atom is 0.254 e. The molecule has 2 aliphatic rings. The number of pyridine rings is 1. The Kier molecular flexibility index (Phi) is 8.63. The van der Waals surface area contributed by atoms with Crippen LogP contribution in [-0.2, 0) is 0 Å². The van der Waals surface area contributed by atoms with Crippen LogP contribution in [0.4, 0.5) is 5.82 Å². The number of methoxy groups -OCH3 is 1. The van der Waals surface area contributed by atoms with Gasteiger partial charge in [-0.25, -0.2) is 4.98 Å². The fourth-order valence-corrected chi connectivity index (χ4v) is 4.89. The minimum absolute atomic E-state index is 0.0862. The molecule has 1 aromatic heterocycles. The van der Waals surface area contributed by atoms with Crippen LogP contribution in [0.1, 0.15) is 43.0 Å². The lowest BCUT2D eigenvalue weighted by atomic mass is 9.96. The number of piperazine rings is 1. The van der Waals surface area contributed by atoms with E-state index in [1.54, 1.807) is 7.11 Å². The molecule has 1 unspecified atom stereocenters. The number of unbranched alkanes of at least 4 members (excludes halogenated alkanes) is 1. The van der Waals surface area contributed by atoms with E-state index < -0.39 is 0 Å². The fourth-order valence-electron chi connectivity index (χ4n) is 4.89. The van der Waals surface area contributed by atoms with Crippen LogP contribution in [-0.4, -0.2) is 80.2 Å². The molecule has 0 bridgehead atoms. The van der Waals surface area contributed by atoms with Gasteiger partial charge in [0.15, 0.2) is 11.5 Å². The van der Waals surface area contributed by atoms with Crippen molar-refractivity contribution in [2.24, 2.45) is 5.92 Å². The number of amides is 1. The number of carbonyl (C=O) groups is 1. The van der Waals surface area contributed by atoms with E-state index in [2.05, 4.69) is 27.8 Å². The van der Waals surface area contributed by atoms with Crippen LogP contribution in [0, 0.1) is 5.92 Å². The molecule has 2 aliphatic heterocycles. The zero-order chi connectivity index (χ0) is 23.8. The number of piperidine rings is 1. The lowest BCUT2D eigenvalue weighted by molar-refractivity contribution is 0.0637. The minimum atomic E-state index is 0.0862. The van der Waals surface area contributed by atoms with Crippen LogP contribution in [0.2, 0.25) is 0 Å². The third-order valence-electron chi connectivity index (χ3n) is 6.83. The SMILES string of the molecule is CCCCOc1ccc(C(=O)N2CCCC(CN3CCN(c4ccccn4)CC3)C2)cc1OC. The molecule has 7 heteroatoms. The van der Waals surface area contributed by atoms with Crippen molar-refractivity contribution in [3.05, 3.63) is 48.2 Å². The maximum atomic E-state index is 13.3. The third kappa shape index (κ3) is 6.20. The largest absolute Gasteiger partial charge is 0.493 e. The van der Waals surface area contributed by atoms with Crippen molar-refractivity contribution in [2.45, 2.75) is 32.6 Å². The van der Waals surface area contributed by atoms with Gasteiger partial charge >= 0.3 is 0 Å². The summed E-state index contributed by atoms with van der Waals surface area (Å²) in [5, 5.41) is 0. The maximum absolute atomic E-state index is 13.3. The number of carbonyl (C=O) groups excluding carboxylic acids is 1. The highest BCUT2D eigenvalue weighted by Crippen LogP contribution is 2.30. The van der Waals surface area contributed by atoms with Gasteiger partial charge in [-0.05, 0) is 55.5 Å². The highest BCUT2D eigenvalue weighted by molar-refractivity contribution is 5.95. The smallest absolute Gasteiger partial charge is 0.254 e. The van der Waals surface area contributed by atoms with Gasteiger partial charge in [-0.3, -0.25) is 9.69 Å². The molecule has 1 aromatic carbocycles. The molecule has 2 aromatic rings. The zero-order valence-electron chi connectivity index (χ0n) is 20.6. The first-order valence-corrected chi connectivity index (χ1v) is 12.7. The van der Waals surface area contributed by atoms with E-state index in [0.29, 0.717) is 29.6 Å². The van der Waals surface area contributed by atoms with Crippen LogP contribution in [0.3, 0.4) is 0 Å². The number of rotatable bonds is 9. The van der Waals surface area contributed by atoms with Gasteiger partial charge in [0.2, 0.25) is 0 Å². The number of anilines is 1. The molecule has 0 radical (unpaired) electrons. The van der Waals surface area contributed by atoms with E-state index in [1.165, 1.54) is 6.42 Å².